The minimum absolute atomic E-state index is 0.527. The molecule has 0 amide bonds. The Labute approximate surface area is 445 Å². The van der Waals surface area contributed by atoms with Crippen LogP contribution >= 0.6 is 0 Å². The maximum Gasteiger partial charge on any atom is 0.187 e. The molecule has 0 fully saturated rings. The number of nitrogens with zero attached hydrogens (tertiary/aromatic N) is 6. The van der Waals surface area contributed by atoms with E-state index in [2.05, 4.69) is 147 Å². The second-order valence-electron chi connectivity index (χ2n) is 19.7. The van der Waals surface area contributed by atoms with Crippen LogP contribution in [-0.4, -0.2) is 24.1 Å². The Morgan fingerprint density at radius 3 is 1.42 bits per heavy atom. The Kier molecular flexibility index (Phi) is 9.53. The van der Waals surface area contributed by atoms with E-state index in [0.29, 0.717) is 23.2 Å². The van der Waals surface area contributed by atoms with Crippen LogP contribution in [0, 0.1) is 6.57 Å². The Hall–Kier alpha value is -10.9. The lowest BCUT2D eigenvalue weighted by molar-refractivity contribution is 0.672. The highest BCUT2D eigenvalue weighted by Gasteiger charge is 2.26. The summed E-state index contributed by atoms with van der Waals surface area (Å²) < 4.78 is 18.3. The van der Waals surface area contributed by atoms with Crippen LogP contribution in [0.15, 0.2) is 251 Å². The molecule has 0 radical (unpaired) electrons. The number of para-hydroxylation sites is 4. The molecule has 0 saturated heterocycles. The monoisotopic (exact) mass is 996 g/mol. The van der Waals surface area contributed by atoms with Crippen LogP contribution < -0.4 is 0 Å². The highest BCUT2D eigenvalue weighted by Crippen LogP contribution is 2.47. The lowest BCUT2D eigenvalue weighted by Crippen LogP contribution is -2.04. The molecule has 0 unspecified atom stereocenters. The molecule has 8 heteroatoms. The van der Waals surface area contributed by atoms with E-state index in [1.54, 1.807) is 0 Å². The summed E-state index contributed by atoms with van der Waals surface area (Å²) in [5.41, 5.74) is 16.4. The van der Waals surface area contributed by atoms with Gasteiger partial charge in [-0.15, -0.1) is 0 Å². The standard InChI is InChI=1S/C70H40N6O2/c1-71-46-31-28-42(29-32-46)45-30-37-59(76-58-25-13-9-23-54(58)65-61(76)39-36-51-49-21-11-15-27-63(49)78-67(51)65)56(40-45)55-41-47(33-34-52(55)70-73-68(43-16-4-2-5-17-43)72-69(74-70)44-18-6-3-7-19-44)75-57-24-12-8-22-53(57)64-60(75)38-35-50-48-20-10-14-26-62(48)77-66(50)64/h2-41H. The average Bonchev–Trinajstić information content (AvgIpc) is 4.46. The van der Waals surface area contributed by atoms with Crippen molar-refractivity contribution < 1.29 is 8.83 Å². The van der Waals surface area contributed by atoms with Gasteiger partial charge >= 0.3 is 0 Å². The summed E-state index contributed by atoms with van der Waals surface area (Å²) in [6, 6.07) is 84.0. The SMILES string of the molecule is [C-]#[N+]c1ccc(-c2ccc(-n3c4ccccc4c4c5oc6ccccc6c5ccc43)c(-c3cc(-n4c5ccccc5c5c6oc7ccccc7c6ccc54)ccc3-c3nc(-c4ccccc4)nc(-c4ccccc4)n3)c2)cc1. The van der Waals surface area contributed by atoms with Crippen LogP contribution in [0.25, 0.3) is 160 Å². The maximum atomic E-state index is 7.77. The number of aromatic nitrogens is 5. The highest BCUT2D eigenvalue weighted by atomic mass is 16.3. The van der Waals surface area contributed by atoms with Crippen LogP contribution in [0.5, 0.6) is 0 Å². The molecule has 0 aliphatic heterocycles. The van der Waals surface area contributed by atoms with Crippen LogP contribution in [0.3, 0.4) is 0 Å². The lowest BCUT2D eigenvalue weighted by atomic mass is 9.93. The summed E-state index contributed by atoms with van der Waals surface area (Å²) in [6.07, 6.45) is 0. The summed E-state index contributed by atoms with van der Waals surface area (Å²) in [4.78, 5) is 19.6. The van der Waals surface area contributed by atoms with E-state index in [1.807, 2.05) is 109 Å². The molecular formula is C70H40N6O2. The number of fused-ring (bicyclic) bond motifs is 14. The number of hydrogen-bond donors (Lipinski definition) is 0. The molecule has 362 valence electrons. The van der Waals surface area contributed by atoms with Crippen LogP contribution in [0.4, 0.5) is 5.69 Å². The first-order chi connectivity index (χ1) is 38.6. The smallest absolute Gasteiger partial charge is 0.187 e. The topological polar surface area (TPSA) is 79.2 Å². The minimum atomic E-state index is 0.527. The number of rotatable bonds is 7. The number of hydrogen-bond acceptors (Lipinski definition) is 5. The normalized spacial score (nSPS) is 11.8. The van der Waals surface area contributed by atoms with E-state index < -0.39 is 0 Å². The van der Waals surface area contributed by atoms with E-state index in [9.17, 15) is 0 Å². The van der Waals surface area contributed by atoms with E-state index in [-0.39, 0.29) is 0 Å². The van der Waals surface area contributed by atoms with Crippen molar-refractivity contribution in [1.82, 2.24) is 24.1 Å². The molecule has 11 aromatic carbocycles. The number of furan rings is 2. The van der Waals surface area contributed by atoms with Gasteiger partial charge < -0.3 is 18.0 Å². The largest absolute Gasteiger partial charge is 0.455 e. The average molecular weight is 997 g/mol. The van der Waals surface area contributed by atoms with Gasteiger partial charge in [-0.25, -0.2) is 19.8 Å². The fourth-order valence-electron chi connectivity index (χ4n) is 11.9. The summed E-state index contributed by atoms with van der Waals surface area (Å²) in [7, 11) is 0. The Bertz CT molecular complexity index is 5100. The zero-order valence-corrected chi connectivity index (χ0v) is 41.6. The van der Waals surface area contributed by atoms with Gasteiger partial charge in [-0.2, -0.15) is 0 Å². The van der Waals surface area contributed by atoms with Gasteiger partial charge in [0, 0.05) is 60.3 Å². The zero-order valence-electron chi connectivity index (χ0n) is 41.6. The summed E-state index contributed by atoms with van der Waals surface area (Å²) in [5, 5.41) is 8.57. The van der Waals surface area contributed by atoms with Crippen LogP contribution in [0.1, 0.15) is 0 Å². The van der Waals surface area contributed by atoms with Gasteiger partial charge in [0.25, 0.3) is 0 Å². The fourth-order valence-corrected chi connectivity index (χ4v) is 11.9. The third-order valence-corrected chi connectivity index (χ3v) is 15.4. The molecule has 5 heterocycles. The molecular weight excluding hydrogens is 957 g/mol. The molecule has 5 aromatic heterocycles. The van der Waals surface area contributed by atoms with Gasteiger partial charge in [0.15, 0.2) is 23.2 Å². The van der Waals surface area contributed by atoms with Crippen molar-refractivity contribution in [1.29, 1.82) is 0 Å². The highest BCUT2D eigenvalue weighted by molar-refractivity contribution is 6.25. The molecule has 0 atom stereocenters. The quantitative estimate of drug-likeness (QED) is 0.149. The molecule has 16 rings (SSSR count). The summed E-state index contributed by atoms with van der Waals surface area (Å²) in [5.74, 6) is 1.66. The van der Waals surface area contributed by atoms with Crippen molar-refractivity contribution in [2.75, 3.05) is 0 Å². The maximum absolute atomic E-state index is 7.77. The van der Waals surface area contributed by atoms with Gasteiger partial charge in [-0.05, 0) is 95.6 Å². The van der Waals surface area contributed by atoms with Crippen molar-refractivity contribution in [2.45, 2.75) is 0 Å². The first-order valence-corrected chi connectivity index (χ1v) is 25.9. The third-order valence-electron chi connectivity index (χ3n) is 15.4. The van der Waals surface area contributed by atoms with Crippen molar-refractivity contribution in [3.8, 4) is 67.8 Å². The van der Waals surface area contributed by atoms with Crippen molar-refractivity contribution in [3.05, 3.63) is 254 Å². The predicted octanol–water partition coefficient (Wildman–Crippen LogP) is 18.8. The van der Waals surface area contributed by atoms with E-state index in [1.165, 1.54) is 0 Å². The predicted molar refractivity (Wildman–Crippen MR) is 317 cm³/mol. The first kappa shape index (κ1) is 43.5. The molecule has 0 N–H and O–H groups in total. The van der Waals surface area contributed by atoms with E-state index in [0.717, 1.165) is 138 Å². The molecule has 0 aliphatic rings. The second kappa shape index (κ2) is 17.1. The molecule has 78 heavy (non-hydrogen) atoms. The van der Waals surface area contributed by atoms with Gasteiger partial charge in [0.2, 0.25) is 0 Å². The third kappa shape index (κ3) is 6.62. The van der Waals surface area contributed by atoms with Crippen molar-refractivity contribution in [2.24, 2.45) is 0 Å². The molecule has 0 saturated carbocycles. The molecule has 0 spiro atoms. The van der Waals surface area contributed by atoms with Crippen molar-refractivity contribution in [3.63, 3.8) is 0 Å². The zero-order chi connectivity index (χ0) is 51.4. The lowest BCUT2D eigenvalue weighted by Gasteiger charge is -2.20. The van der Waals surface area contributed by atoms with E-state index >= 15 is 0 Å². The first-order valence-electron chi connectivity index (χ1n) is 25.9. The van der Waals surface area contributed by atoms with Gasteiger partial charge in [-0.1, -0.05) is 164 Å². The van der Waals surface area contributed by atoms with Gasteiger partial charge in [-0.3, -0.25) is 0 Å². The minimum Gasteiger partial charge on any atom is -0.455 e. The Morgan fingerprint density at radius 2 is 0.833 bits per heavy atom. The number of benzene rings is 11. The summed E-state index contributed by atoms with van der Waals surface area (Å²) >= 11 is 0. The fraction of sp³-hybridized carbons (Fsp3) is 0. The van der Waals surface area contributed by atoms with Crippen molar-refractivity contribution >= 4 is 93.2 Å². The van der Waals surface area contributed by atoms with Gasteiger partial charge in [0.1, 0.15) is 22.3 Å². The molecule has 0 aliphatic carbocycles. The Balaban J connectivity index is 1.04. The van der Waals surface area contributed by atoms with E-state index in [4.69, 9.17) is 30.4 Å². The Morgan fingerprint density at radius 1 is 0.333 bits per heavy atom. The molecule has 8 nitrogen and oxygen atoms in total. The molecule has 16 aromatic rings. The summed E-state index contributed by atoms with van der Waals surface area (Å²) in [6.45, 7) is 7.77. The van der Waals surface area contributed by atoms with Crippen LogP contribution in [0.2, 0.25) is 0 Å². The second-order valence-corrected chi connectivity index (χ2v) is 19.7. The van der Waals surface area contributed by atoms with Crippen LogP contribution in [-0.2, 0) is 0 Å². The van der Waals surface area contributed by atoms with Gasteiger partial charge in [0.05, 0.1) is 45.1 Å². The molecule has 0 bridgehead atoms.